The van der Waals surface area contributed by atoms with Crippen LogP contribution in [0.3, 0.4) is 0 Å². The molecule has 1 atom stereocenters. The third-order valence-electron chi connectivity index (χ3n) is 4.85. The maximum absolute atomic E-state index is 12.9. The first kappa shape index (κ1) is 24.5. The van der Waals surface area contributed by atoms with E-state index in [2.05, 4.69) is 23.6 Å². The number of hydrogen-bond acceptors (Lipinski definition) is 4. The molecule has 168 valence electrons. The number of rotatable bonds is 10. The number of halogens is 1. The highest BCUT2D eigenvalue weighted by Crippen LogP contribution is 2.34. The van der Waals surface area contributed by atoms with Crippen LogP contribution in [0.25, 0.3) is 0 Å². The van der Waals surface area contributed by atoms with Crippen molar-refractivity contribution >= 4 is 34.8 Å². The monoisotopic (exact) mass is 446 g/mol. The van der Waals surface area contributed by atoms with E-state index in [1.807, 2.05) is 26.0 Å². The Morgan fingerprint density at radius 3 is 2.48 bits per heavy atom. The van der Waals surface area contributed by atoms with Crippen molar-refractivity contribution in [2.75, 3.05) is 10.6 Å². The molecule has 0 saturated heterocycles. The molecule has 0 aliphatic heterocycles. The van der Waals surface area contributed by atoms with Gasteiger partial charge < -0.3 is 20.5 Å². The molecule has 1 unspecified atom stereocenters. The fraction of sp³-hybridized carbons (Fsp3) is 0.417. The van der Waals surface area contributed by atoms with Crippen molar-refractivity contribution in [2.45, 2.75) is 65.9 Å². The van der Waals surface area contributed by atoms with Crippen LogP contribution in [-0.4, -0.2) is 23.0 Å². The zero-order valence-corrected chi connectivity index (χ0v) is 19.3. The molecule has 0 spiro atoms. The van der Waals surface area contributed by atoms with Gasteiger partial charge in [-0.05, 0) is 43.9 Å². The molecule has 2 aromatic carbocycles. The largest absolute Gasteiger partial charge is 0.506 e. The molecule has 31 heavy (non-hydrogen) atoms. The molecule has 0 fully saturated rings. The highest BCUT2D eigenvalue weighted by molar-refractivity contribution is 6.34. The van der Waals surface area contributed by atoms with Gasteiger partial charge >= 0.3 is 0 Å². The molecule has 6 nitrogen and oxygen atoms in total. The fourth-order valence-electron chi connectivity index (χ4n) is 3.22. The number of carbonyl (C=O) groups excluding carboxylic acids is 2. The molecule has 0 heterocycles. The SMILES string of the molecule is CCCCCc1cc(C)ccc1OC(CC)C(=O)Nc1cc(O)c(NC(C)=O)cc1Cl. The van der Waals surface area contributed by atoms with Gasteiger partial charge in [0.2, 0.25) is 5.91 Å². The van der Waals surface area contributed by atoms with Gasteiger partial charge in [-0.2, -0.15) is 0 Å². The number of nitrogens with one attached hydrogen (secondary N) is 2. The van der Waals surface area contributed by atoms with E-state index in [0.717, 1.165) is 36.8 Å². The molecule has 0 radical (unpaired) electrons. The zero-order chi connectivity index (χ0) is 23.0. The lowest BCUT2D eigenvalue weighted by atomic mass is 10.0. The van der Waals surface area contributed by atoms with E-state index in [4.69, 9.17) is 16.3 Å². The summed E-state index contributed by atoms with van der Waals surface area (Å²) in [6.07, 6.45) is 3.97. The minimum atomic E-state index is -0.721. The molecule has 2 amide bonds. The van der Waals surface area contributed by atoms with E-state index < -0.39 is 6.10 Å². The summed E-state index contributed by atoms with van der Waals surface area (Å²) in [6.45, 7) is 7.40. The summed E-state index contributed by atoms with van der Waals surface area (Å²) in [5, 5.41) is 15.5. The number of anilines is 2. The number of amides is 2. The van der Waals surface area contributed by atoms with Crippen LogP contribution in [0.2, 0.25) is 5.02 Å². The normalized spacial score (nSPS) is 11.6. The second-order valence-electron chi connectivity index (χ2n) is 7.60. The average Bonchev–Trinajstić information content (AvgIpc) is 2.71. The van der Waals surface area contributed by atoms with E-state index in [9.17, 15) is 14.7 Å². The second-order valence-corrected chi connectivity index (χ2v) is 8.01. The Kier molecular flexibility index (Phi) is 9.19. The quantitative estimate of drug-likeness (QED) is 0.316. The molecule has 0 bridgehead atoms. The highest BCUT2D eigenvalue weighted by Gasteiger charge is 2.21. The van der Waals surface area contributed by atoms with Crippen LogP contribution in [0, 0.1) is 6.92 Å². The first-order valence-corrected chi connectivity index (χ1v) is 11.0. The number of ether oxygens (including phenoxy) is 1. The van der Waals surface area contributed by atoms with Crippen LogP contribution in [0.15, 0.2) is 30.3 Å². The summed E-state index contributed by atoms with van der Waals surface area (Å²) in [4.78, 5) is 24.1. The number of unbranched alkanes of at least 4 members (excludes halogenated alkanes) is 2. The summed E-state index contributed by atoms with van der Waals surface area (Å²) >= 11 is 6.23. The van der Waals surface area contributed by atoms with Gasteiger partial charge in [-0.3, -0.25) is 9.59 Å². The van der Waals surface area contributed by atoms with Crippen molar-refractivity contribution in [1.82, 2.24) is 0 Å². The van der Waals surface area contributed by atoms with Gasteiger partial charge in [-0.1, -0.05) is 56.0 Å². The molecule has 7 heteroatoms. The molecule has 0 aromatic heterocycles. The van der Waals surface area contributed by atoms with Crippen LogP contribution in [0.5, 0.6) is 11.5 Å². The van der Waals surface area contributed by atoms with Crippen LogP contribution < -0.4 is 15.4 Å². The maximum Gasteiger partial charge on any atom is 0.265 e. The van der Waals surface area contributed by atoms with Crippen LogP contribution >= 0.6 is 11.6 Å². The van der Waals surface area contributed by atoms with Crippen molar-refractivity contribution in [3.05, 3.63) is 46.5 Å². The van der Waals surface area contributed by atoms with Crippen LogP contribution in [0.1, 0.15) is 57.6 Å². The lowest BCUT2D eigenvalue weighted by Gasteiger charge is -2.20. The summed E-state index contributed by atoms with van der Waals surface area (Å²) in [5.41, 5.74) is 2.66. The molecular weight excluding hydrogens is 416 g/mol. The van der Waals surface area contributed by atoms with Crippen LogP contribution in [0.4, 0.5) is 11.4 Å². The van der Waals surface area contributed by atoms with Gasteiger partial charge in [0, 0.05) is 13.0 Å². The Morgan fingerprint density at radius 1 is 1.10 bits per heavy atom. The Bertz CT molecular complexity index is 930. The van der Waals surface area contributed by atoms with Gasteiger partial charge in [0.15, 0.2) is 6.10 Å². The molecular formula is C24H31ClN2O4. The van der Waals surface area contributed by atoms with E-state index in [0.29, 0.717) is 12.2 Å². The number of hydrogen-bond donors (Lipinski definition) is 3. The Morgan fingerprint density at radius 2 is 1.84 bits per heavy atom. The van der Waals surface area contributed by atoms with Crippen molar-refractivity contribution in [3.8, 4) is 11.5 Å². The van der Waals surface area contributed by atoms with Crippen molar-refractivity contribution in [2.24, 2.45) is 0 Å². The summed E-state index contributed by atoms with van der Waals surface area (Å²) in [7, 11) is 0. The third kappa shape index (κ3) is 7.17. The lowest BCUT2D eigenvalue weighted by Crippen LogP contribution is -2.32. The molecule has 2 aromatic rings. The lowest BCUT2D eigenvalue weighted by molar-refractivity contribution is -0.122. The van der Waals surface area contributed by atoms with Gasteiger partial charge in [-0.25, -0.2) is 0 Å². The molecule has 0 aliphatic rings. The van der Waals surface area contributed by atoms with Gasteiger partial charge in [0.25, 0.3) is 5.91 Å². The predicted octanol–water partition coefficient (Wildman–Crippen LogP) is 5.84. The summed E-state index contributed by atoms with van der Waals surface area (Å²) in [5.74, 6) is -0.189. The fourth-order valence-corrected chi connectivity index (χ4v) is 3.43. The number of benzene rings is 2. The van der Waals surface area contributed by atoms with Gasteiger partial charge in [0.05, 0.1) is 16.4 Å². The zero-order valence-electron chi connectivity index (χ0n) is 18.5. The highest BCUT2D eigenvalue weighted by atomic mass is 35.5. The number of phenolic OH excluding ortho intramolecular Hbond substituents is 1. The average molecular weight is 447 g/mol. The number of carbonyl (C=O) groups is 2. The van der Waals surface area contributed by atoms with E-state index in [1.165, 1.54) is 19.1 Å². The minimum Gasteiger partial charge on any atom is -0.506 e. The van der Waals surface area contributed by atoms with Crippen molar-refractivity contribution in [3.63, 3.8) is 0 Å². The third-order valence-corrected chi connectivity index (χ3v) is 5.16. The number of phenols is 1. The standard InChI is InChI=1S/C24H31ClN2O4/c1-5-7-8-9-17-12-15(3)10-11-23(17)31-22(6-2)24(30)27-19-14-21(29)20(13-18(19)25)26-16(4)28/h10-14,22,29H,5-9H2,1-4H3,(H,26,28)(H,27,30). The molecule has 3 N–H and O–H groups in total. The second kappa shape index (κ2) is 11.6. The van der Waals surface area contributed by atoms with Crippen molar-refractivity contribution < 1.29 is 19.4 Å². The Labute approximate surface area is 189 Å². The van der Waals surface area contributed by atoms with E-state index in [-0.39, 0.29) is 34.0 Å². The first-order valence-electron chi connectivity index (χ1n) is 10.6. The predicted molar refractivity (Wildman–Crippen MR) is 125 cm³/mol. The number of aromatic hydroxyl groups is 1. The molecule has 0 saturated carbocycles. The summed E-state index contributed by atoms with van der Waals surface area (Å²) < 4.78 is 6.09. The number of aryl methyl sites for hydroxylation is 2. The maximum atomic E-state index is 12.9. The van der Waals surface area contributed by atoms with E-state index >= 15 is 0 Å². The van der Waals surface area contributed by atoms with Gasteiger partial charge in [0.1, 0.15) is 11.5 Å². The molecule has 0 aliphatic carbocycles. The van der Waals surface area contributed by atoms with Gasteiger partial charge in [-0.15, -0.1) is 0 Å². The Balaban J connectivity index is 2.16. The van der Waals surface area contributed by atoms with E-state index in [1.54, 1.807) is 0 Å². The topological polar surface area (TPSA) is 87.7 Å². The molecule has 2 rings (SSSR count). The smallest absolute Gasteiger partial charge is 0.265 e. The van der Waals surface area contributed by atoms with Crippen molar-refractivity contribution in [1.29, 1.82) is 0 Å². The Hall–Kier alpha value is -2.73. The first-order chi connectivity index (χ1) is 14.7. The summed E-state index contributed by atoms with van der Waals surface area (Å²) in [6, 6.07) is 8.68. The van der Waals surface area contributed by atoms with Crippen LogP contribution in [-0.2, 0) is 16.0 Å². The minimum absolute atomic E-state index is 0.176.